The lowest BCUT2D eigenvalue weighted by Gasteiger charge is -2.32. The predicted octanol–water partition coefficient (Wildman–Crippen LogP) is 4.89. The number of ether oxygens (including phenoxy) is 1. The normalized spacial score (nSPS) is 17.8. The first-order valence-corrected chi connectivity index (χ1v) is 7.97. The number of hydrogen-bond donors (Lipinski definition) is 0. The quantitative estimate of drug-likeness (QED) is 0.723. The third-order valence-electron chi connectivity index (χ3n) is 4.54. The molecule has 0 aliphatic heterocycles. The summed E-state index contributed by atoms with van der Waals surface area (Å²) in [5.41, 5.74) is 3.85. The van der Waals surface area contributed by atoms with Crippen LogP contribution in [0.1, 0.15) is 45.6 Å². The molecule has 22 heavy (non-hydrogen) atoms. The fourth-order valence-electron chi connectivity index (χ4n) is 3.28. The monoisotopic (exact) mass is 298 g/mol. The molecule has 2 rings (SSSR count). The van der Waals surface area contributed by atoms with E-state index in [0.717, 1.165) is 17.7 Å². The van der Waals surface area contributed by atoms with Gasteiger partial charge in [-0.05, 0) is 49.3 Å². The standard InChI is InChI=1S/C20H26O2/c1-15-8-7-13-20(2,3)18(15)12-11-17(21)14-16-9-5-6-10-19(16)22-4/h5-6,9-12H,7-8,13-14H2,1-4H3/b12-11+. The number of carbonyl (C=O) groups is 1. The summed E-state index contributed by atoms with van der Waals surface area (Å²) in [7, 11) is 1.64. The summed E-state index contributed by atoms with van der Waals surface area (Å²) in [5.74, 6) is 0.892. The molecule has 0 saturated heterocycles. The first kappa shape index (κ1) is 16.5. The Kier molecular flexibility index (Phi) is 5.23. The van der Waals surface area contributed by atoms with Crippen LogP contribution in [0.4, 0.5) is 0 Å². The van der Waals surface area contributed by atoms with Gasteiger partial charge in [0, 0.05) is 12.0 Å². The van der Waals surface area contributed by atoms with Crippen LogP contribution in [0.2, 0.25) is 0 Å². The molecular weight excluding hydrogens is 272 g/mol. The molecule has 0 N–H and O–H groups in total. The highest BCUT2D eigenvalue weighted by Crippen LogP contribution is 2.40. The molecule has 0 heterocycles. The Morgan fingerprint density at radius 3 is 2.73 bits per heavy atom. The molecule has 1 aliphatic carbocycles. The van der Waals surface area contributed by atoms with E-state index < -0.39 is 0 Å². The first-order valence-electron chi connectivity index (χ1n) is 7.97. The van der Waals surface area contributed by atoms with Crippen LogP contribution < -0.4 is 4.74 Å². The van der Waals surface area contributed by atoms with Crippen molar-refractivity contribution in [3.8, 4) is 5.75 Å². The van der Waals surface area contributed by atoms with Crippen molar-refractivity contribution in [1.29, 1.82) is 0 Å². The van der Waals surface area contributed by atoms with E-state index in [9.17, 15) is 4.79 Å². The van der Waals surface area contributed by atoms with Crippen molar-refractivity contribution >= 4 is 5.78 Å². The molecule has 2 heteroatoms. The lowest BCUT2D eigenvalue weighted by atomic mass is 9.72. The number of benzene rings is 1. The number of carbonyl (C=O) groups excluding carboxylic acids is 1. The maximum absolute atomic E-state index is 12.3. The minimum Gasteiger partial charge on any atom is -0.496 e. The van der Waals surface area contributed by atoms with Crippen molar-refractivity contribution in [1.82, 2.24) is 0 Å². The average Bonchev–Trinajstić information content (AvgIpc) is 2.46. The molecule has 0 spiro atoms. The number of allylic oxidation sites excluding steroid dienone is 4. The van der Waals surface area contributed by atoms with Crippen LogP contribution in [0.15, 0.2) is 47.6 Å². The van der Waals surface area contributed by atoms with Gasteiger partial charge in [0.15, 0.2) is 5.78 Å². The Balaban J connectivity index is 2.12. The van der Waals surface area contributed by atoms with E-state index in [-0.39, 0.29) is 11.2 Å². The lowest BCUT2D eigenvalue weighted by Crippen LogP contribution is -2.19. The first-order chi connectivity index (χ1) is 10.4. The molecule has 0 bridgehead atoms. The molecular formula is C20H26O2. The number of methoxy groups -OCH3 is 1. The van der Waals surface area contributed by atoms with Crippen molar-refractivity contribution < 1.29 is 9.53 Å². The van der Waals surface area contributed by atoms with Crippen LogP contribution in [-0.4, -0.2) is 12.9 Å². The van der Waals surface area contributed by atoms with E-state index in [1.165, 1.54) is 24.0 Å². The van der Waals surface area contributed by atoms with Crippen LogP contribution in [0, 0.1) is 5.41 Å². The fraction of sp³-hybridized carbons (Fsp3) is 0.450. The van der Waals surface area contributed by atoms with Crippen molar-refractivity contribution in [3.05, 3.63) is 53.1 Å². The van der Waals surface area contributed by atoms with Crippen LogP contribution in [0.3, 0.4) is 0 Å². The van der Waals surface area contributed by atoms with E-state index >= 15 is 0 Å². The Morgan fingerprint density at radius 1 is 1.32 bits per heavy atom. The van der Waals surface area contributed by atoms with Crippen molar-refractivity contribution in [2.75, 3.05) is 7.11 Å². The lowest BCUT2D eigenvalue weighted by molar-refractivity contribution is -0.114. The van der Waals surface area contributed by atoms with E-state index in [1.807, 2.05) is 30.3 Å². The summed E-state index contributed by atoms with van der Waals surface area (Å²) in [6.07, 6.45) is 7.72. The summed E-state index contributed by atoms with van der Waals surface area (Å²) in [6.45, 7) is 6.71. The summed E-state index contributed by atoms with van der Waals surface area (Å²) in [6, 6.07) is 7.69. The third-order valence-corrected chi connectivity index (χ3v) is 4.54. The average molecular weight is 298 g/mol. The zero-order chi connectivity index (χ0) is 16.2. The largest absolute Gasteiger partial charge is 0.496 e. The van der Waals surface area contributed by atoms with Gasteiger partial charge in [-0.25, -0.2) is 0 Å². The van der Waals surface area contributed by atoms with Gasteiger partial charge in [-0.1, -0.05) is 43.7 Å². The highest BCUT2D eigenvalue weighted by molar-refractivity contribution is 5.92. The van der Waals surface area contributed by atoms with E-state index in [2.05, 4.69) is 20.8 Å². The molecule has 0 saturated carbocycles. The molecule has 0 atom stereocenters. The molecule has 2 nitrogen and oxygen atoms in total. The van der Waals surface area contributed by atoms with Crippen LogP contribution >= 0.6 is 0 Å². The maximum atomic E-state index is 12.3. The van der Waals surface area contributed by atoms with Gasteiger partial charge in [-0.15, -0.1) is 0 Å². The zero-order valence-electron chi connectivity index (χ0n) is 14.1. The second-order valence-electron chi connectivity index (χ2n) is 6.72. The molecule has 0 aromatic heterocycles. The Hall–Kier alpha value is -1.83. The summed E-state index contributed by atoms with van der Waals surface area (Å²) < 4.78 is 5.31. The summed E-state index contributed by atoms with van der Waals surface area (Å²) in [4.78, 5) is 12.3. The third kappa shape index (κ3) is 3.88. The van der Waals surface area contributed by atoms with E-state index in [4.69, 9.17) is 4.74 Å². The van der Waals surface area contributed by atoms with Crippen LogP contribution in [0.5, 0.6) is 5.75 Å². The van der Waals surface area contributed by atoms with Gasteiger partial charge in [0.25, 0.3) is 0 Å². The topological polar surface area (TPSA) is 26.3 Å². The molecule has 118 valence electrons. The van der Waals surface area contributed by atoms with E-state index in [0.29, 0.717) is 6.42 Å². The minimum atomic E-state index is 0.117. The maximum Gasteiger partial charge on any atom is 0.160 e. The molecule has 0 unspecified atom stereocenters. The fourth-order valence-corrected chi connectivity index (χ4v) is 3.28. The number of hydrogen-bond acceptors (Lipinski definition) is 2. The van der Waals surface area contributed by atoms with Crippen molar-refractivity contribution in [3.63, 3.8) is 0 Å². The molecule has 1 aliphatic rings. The zero-order valence-corrected chi connectivity index (χ0v) is 14.1. The molecule has 0 fully saturated rings. The predicted molar refractivity (Wildman–Crippen MR) is 91.2 cm³/mol. The summed E-state index contributed by atoms with van der Waals surface area (Å²) >= 11 is 0. The Bertz CT molecular complexity index is 606. The Morgan fingerprint density at radius 2 is 2.05 bits per heavy atom. The highest BCUT2D eigenvalue weighted by Gasteiger charge is 2.26. The SMILES string of the molecule is COc1ccccc1CC(=O)/C=C/C1=C(C)CCCC1(C)C. The molecule has 1 aromatic carbocycles. The highest BCUT2D eigenvalue weighted by atomic mass is 16.5. The van der Waals surface area contributed by atoms with Crippen LogP contribution in [0.25, 0.3) is 0 Å². The van der Waals surface area contributed by atoms with Gasteiger partial charge in [0.05, 0.1) is 7.11 Å². The molecule has 1 aromatic rings. The molecule has 0 amide bonds. The smallest absolute Gasteiger partial charge is 0.160 e. The van der Waals surface area contributed by atoms with E-state index in [1.54, 1.807) is 13.2 Å². The Labute approximate surface area is 133 Å². The van der Waals surface area contributed by atoms with Crippen LogP contribution in [-0.2, 0) is 11.2 Å². The molecule has 0 radical (unpaired) electrons. The second kappa shape index (κ2) is 6.95. The van der Waals surface area contributed by atoms with Gasteiger partial charge in [-0.2, -0.15) is 0 Å². The van der Waals surface area contributed by atoms with Gasteiger partial charge >= 0.3 is 0 Å². The second-order valence-corrected chi connectivity index (χ2v) is 6.72. The number of rotatable bonds is 5. The van der Waals surface area contributed by atoms with Gasteiger partial charge in [0.1, 0.15) is 5.75 Å². The minimum absolute atomic E-state index is 0.117. The van der Waals surface area contributed by atoms with Gasteiger partial charge in [-0.3, -0.25) is 4.79 Å². The van der Waals surface area contributed by atoms with Gasteiger partial charge in [0.2, 0.25) is 0 Å². The number of ketones is 1. The van der Waals surface area contributed by atoms with Crippen molar-refractivity contribution in [2.24, 2.45) is 5.41 Å². The summed E-state index contributed by atoms with van der Waals surface area (Å²) in [5, 5.41) is 0. The van der Waals surface area contributed by atoms with Crippen molar-refractivity contribution in [2.45, 2.75) is 46.5 Å². The number of para-hydroxylation sites is 1. The van der Waals surface area contributed by atoms with Gasteiger partial charge < -0.3 is 4.74 Å².